The van der Waals surface area contributed by atoms with Gasteiger partial charge in [-0.05, 0) is 67.7 Å². The number of dihydropyridines is 1. The summed E-state index contributed by atoms with van der Waals surface area (Å²) in [6.45, 7) is 0. The molecule has 1 saturated carbocycles. The number of pyridine rings is 1. The number of rotatable bonds is 5. The molecule has 1 atom stereocenters. The first-order valence-electron chi connectivity index (χ1n) is 10.8. The SMILES string of the molecule is O=C(NC1CCC(=Cc2cccc(OC3C=CC(C(F)(F)F)=CN3)c2)CC1)c1cccnc1. The van der Waals surface area contributed by atoms with Gasteiger partial charge < -0.3 is 15.4 Å². The number of allylic oxidation sites excluding steroid dienone is 3. The van der Waals surface area contributed by atoms with Crippen LogP contribution in [0.15, 0.2) is 78.3 Å². The molecule has 4 rings (SSSR count). The van der Waals surface area contributed by atoms with Gasteiger partial charge in [-0.2, -0.15) is 13.2 Å². The van der Waals surface area contributed by atoms with E-state index in [0.29, 0.717) is 11.3 Å². The zero-order chi connectivity index (χ0) is 23.3. The molecular formula is C25H24F3N3O2. The molecule has 172 valence electrons. The van der Waals surface area contributed by atoms with Crippen LogP contribution in [0.1, 0.15) is 41.6 Å². The highest BCUT2D eigenvalue weighted by atomic mass is 19.4. The van der Waals surface area contributed by atoms with Crippen LogP contribution < -0.4 is 15.4 Å². The van der Waals surface area contributed by atoms with Gasteiger partial charge in [-0.3, -0.25) is 9.78 Å². The van der Waals surface area contributed by atoms with E-state index in [2.05, 4.69) is 21.7 Å². The van der Waals surface area contributed by atoms with Gasteiger partial charge in [0.05, 0.1) is 11.1 Å². The van der Waals surface area contributed by atoms with E-state index in [1.807, 2.05) is 18.2 Å². The van der Waals surface area contributed by atoms with Crippen LogP contribution in [-0.2, 0) is 0 Å². The number of nitrogens with one attached hydrogen (secondary N) is 2. The maximum Gasteiger partial charge on any atom is 0.417 e. The third-order valence-corrected chi connectivity index (χ3v) is 5.56. The number of carbonyl (C=O) groups is 1. The van der Waals surface area contributed by atoms with Crippen LogP contribution in [-0.4, -0.2) is 29.3 Å². The minimum atomic E-state index is -4.39. The van der Waals surface area contributed by atoms with Crippen LogP contribution in [0.2, 0.25) is 0 Å². The molecule has 1 aliphatic heterocycles. The van der Waals surface area contributed by atoms with Crippen molar-refractivity contribution >= 4 is 12.0 Å². The number of benzene rings is 1. The van der Waals surface area contributed by atoms with Gasteiger partial charge in [0.1, 0.15) is 5.75 Å². The Balaban J connectivity index is 1.30. The molecular weight excluding hydrogens is 431 g/mol. The molecule has 33 heavy (non-hydrogen) atoms. The fourth-order valence-corrected chi connectivity index (χ4v) is 3.82. The Morgan fingerprint density at radius 1 is 1.18 bits per heavy atom. The van der Waals surface area contributed by atoms with Crippen molar-refractivity contribution in [2.45, 2.75) is 44.1 Å². The number of ether oxygens (including phenoxy) is 1. The summed E-state index contributed by atoms with van der Waals surface area (Å²) in [5.41, 5.74) is 2.07. The topological polar surface area (TPSA) is 63.2 Å². The van der Waals surface area contributed by atoms with E-state index in [1.165, 1.54) is 11.6 Å². The van der Waals surface area contributed by atoms with Gasteiger partial charge in [0.15, 0.2) is 6.23 Å². The molecule has 5 nitrogen and oxygen atoms in total. The number of hydrogen-bond donors (Lipinski definition) is 2. The zero-order valence-electron chi connectivity index (χ0n) is 17.8. The van der Waals surface area contributed by atoms with Gasteiger partial charge in [0.25, 0.3) is 5.91 Å². The summed E-state index contributed by atoms with van der Waals surface area (Å²) in [4.78, 5) is 16.3. The lowest BCUT2D eigenvalue weighted by molar-refractivity contribution is -0.0890. The summed E-state index contributed by atoms with van der Waals surface area (Å²) in [7, 11) is 0. The first-order valence-corrected chi connectivity index (χ1v) is 10.8. The number of carbonyl (C=O) groups excluding carboxylic acids is 1. The molecule has 8 heteroatoms. The van der Waals surface area contributed by atoms with Gasteiger partial charge >= 0.3 is 6.18 Å². The second-order valence-electron chi connectivity index (χ2n) is 8.03. The molecule has 2 aliphatic rings. The van der Waals surface area contributed by atoms with E-state index in [0.717, 1.165) is 43.5 Å². The van der Waals surface area contributed by atoms with Crippen LogP contribution in [0.5, 0.6) is 5.75 Å². The van der Waals surface area contributed by atoms with Gasteiger partial charge in [-0.25, -0.2) is 0 Å². The van der Waals surface area contributed by atoms with Gasteiger partial charge in [0, 0.05) is 24.6 Å². The van der Waals surface area contributed by atoms with Crippen molar-refractivity contribution in [2.75, 3.05) is 0 Å². The molecule has 0 saturated heterocycles. The molecule has 0 bridgehead atoms. The van der Waals surface area contributed by atoms with Crippen molar-refractivity contribution in [3.05, 3.63) is 89.4 Å². The highest BCUT2D eigenvalue weighted by molar-refractivity contribution is 5.94. The molecule has 0 spiro atoms. The lowest BCUT2D eigenvalue weighted by Crippen LogP contribution is -2.36. The van der Waals surface area contributed by atoms with Crippen molar-refractivity contribution in [2.24, 2.45) is 0 Å². The van der Waals surface area contributed by atoms with Crippen molar-refractivity contribution in [1.29, 1.82) is 0 Å². The fourth-order valence-electron chi connectivity index (χ4n) is 3.82. The third kappa shape index (κ3) is 6.25. The summed E-state index contributed by atoms with van der Waals surface area (Å²) in [5.74, 6) is 0.459. The van der Waals surface area contributed by atoms with E-state index in [9.17, 15) is 18.0 Å². The second-order valence-corrected chi connectivity index (χ2v) is 8.03. The summed E-state index contributed by atoms with van der Waals surface area (Å²) in [6, 6.07) is 11.1. The first kappa shape index (κ1) is 22.6. The number of alkyl halides is 3. The lowest BCUT2D eigenvalue weighted by Gasteiger charge is -2.25. The predicted octanol–water partition coefficient (Wildman–Crippen LogP) is 5.15. The van der Waals surface area contributed by atoms with E-state index in [-0.39, 0.29) is 11.9 Å². The molecule has 2 N–H and O–H groups in total. The largest absolute Gasteiger partial charge is 0.467 e. The van der Waals surface area contributed by atoms with Crippen molar-refractivity contribution in [3.8, 4) is 5.75 Å². The number of amides is 1. The molecule has 1 aromatic carbocycles. The quantitative estimate of drug-likeness (QED) is 0.655. The average molecular weight is 455 g/mol. The number of hydrogen-bond acceptors (Lipinski definition) is 4. The fraction of sp³-hybridized carbons (Fsp3) is 0.280. The minimum Gasteiger partial charge on any atom is -0.467 e. The van der Waals surface area contributed by atoms with Crippen LogP contribution in [0.25, 0.3) is 6.08 Å². The Bertz CT molecular complexity index is 1070. The van der Waals surface area contributed by atoms with E-state index >= 15 is 0 Å². The maximum absolute atomic E-state index is 12.7. The molecule has 2 heterocycles. The molecule has 1 amide bonds. The lowest BCUT2D eigenvalue weighted by atomic mass is 9.89. The van der Waals surface area contributed by atoms with Crippen LogP contribution in [0, 0.1) is 0 Å². The smallest absolute Gasteiger partial charge is 0.417 e. The van der Waals surface area contributed by atoms with Crippen LogP contribution >= 0.6 is 0 Å². The molecule has 1 unspecified atom stereocenters. The highest BCUT2D eigenvalue weighted by Crippen LogP contribution is 2.29. The Morgan fingerprint density at radius 3 is 2.67 bits per heavy atom. The normalized spacial score (nSPS) is 20.5. The monoisotopic (exact) mass is 455 g/mol. The van der Waals surface area contributed by atoms with E-state index < -0.39 is 18.0 Å². The molecule has 1 aromatic heterocycles. The van der Waals surface area contributed by atoms with Crippen molar-refractivity contribution in [3.63, 3.8) is 0 Å². The summed E-state index contributed by atoms with van der Waals surface area (Å²) >= 11 is 0. The summed E-state index contributed by atoms with van der Waals surface area (Å²) < 4.78 is 43.9. The third-order valence-electron chi connectivity index (χ3n) is 5.56. The highest BCUT2D eigenvalue weighted by Gasteiger charge is 2.33. The van der Waals surface area contributed by atoms with Crippen molar-refractivity contribution in [1.82, 2.24) is 15.6 Å². The Kier molecular flexibility index (Phi) is 6.82. The summed E-state index contributed by atoms with van der Waals surface area (Å²) in [6.07, 6.45) is 6.99. The van der Waals surface area contributed by atoms with Gasteiger partial charge in [-0.1, -0.05) is 23.8 Å². The van der Waals surface area contributed by atoms with Crippen molar-refractivity contribution < 1.29 is 22.7 Å². The summed E-state index contributed by atoms with van der Waals surface area (Å²) in [5, 5.41) is 5.68. The molecule has 1 aliphatic carbocycles. The zero-order valence-corrected chi connectivity index (χ0v) is 17.8. The number of halogens is 3. The van der Waals surface area contributed by atoms with E-state index in [1.54, 1.807) is 30.6 Å². The van der Waals surface area contributed by atoms with Gasteiger partial charge in [0.2, 0.25) is 0 Å². The Labute approximate surface area is 190 Å². The standard InChI is InChI=1S/C25H24F3N3O2/c26-25(27,28)20-8-11-23(30-16-20)33-22-5-1-3-18(14-22)13-17-6-9-21(10-7-17)31-24(32)19-4-2-12-29-15-19/h1-5,8,11-16,21,23,30H,6-7,9-10H2,(H,31,32). The van der Waals surface area contributed by atoms with E-state index in [4.69, 9.17) is 4.74 Å². The minimum absolute atomic E-state index is 0.104. The van der Waals surface area contributed by atoms with Gasteiger partial charge in [-0.15, -0.1) is 0 Å². The average Bonchev–Trinajstić information content (AvgIpc) is 2.81. The molecule has 1 fully saturated rings. The maximum atomic E-state index is 12.7. The Morgan fingerprint density at radius 2 is 2.00 bits per heavy atom. The number of aromatic nitrogens is 1. The number of nitrogens with zero attached hydrogens (tertiary/aromatic N) is 1. The van der Waals surface area contributed by atoms with Crippen LogP contribution in [0.4, 0.5) is 13.2 Å². The second kappa shape index (κ2) is 9.94. The molecule has 0 radical (unpaired) electrons. The van der Waals surface area contributed by atoms with Crippen LogP contribution in [0.3, 0.4) is 0 Å². The predicted molar refractivity (Wildman–Crippen MR) is 119 cm³/mol. The molecule has 2 aromatic rings. The Hall–Kier alpha value is -3.55. The first-order chi connectivity index (χ1) is 15.9.